The van der Waals surface area contributed by atoms with Crippen LogP contribution in [0.3, 0.4) is 0 Å². The van der Waals surface area contributed by atoms with E-state index in [0.29, 0.717) is 5.75 Å². The second kappa shape index (κ2) is 8.33. The first-order chi connectivity index (χ1) is 17.8. The van der Waals surface area contributed by atoms with E-state index in [0.717, 1.165) is 23.3 Å². The van der Waals surface area contributed by atoms with Gasteiger partial charge in [0.2, 0.25) is 0 Å². The van der Waals surface area contributed by atoms with Crippen molar-refractivity contribution in [2.75, 3.05) is 0 Å². The van der Waals surface area contributed by atoms with Gasteiger partial charge in [-0.25, -0.2) is 4.79 Å². The topological polar surface area (TPSA) is 35.5 Å². The van der Waals surface area contributed by atoms with Crippen LogP contribution >= 0.6 is 10.5 Å². The van der Waals surface area contributed by atoms with Crippen molar-refractivity contribution in [3.05, 3.63) is 72.3 Å². The molecule has 1 aromatic heterocycles. The van der Waals surface area contributed by atoms with E-state index >= 15 is 0 Å². The van der Waals surface area contributed by atoms with E-state index in [-0.39, 0.29) is 15.9 Å². The number of carbonyl (C=O) groups excluding carboxylic acids is 1. The van der Waals surface area contributed by atoms with Gasteiger partial charge in [-0.3, -0.25) is 0 Å². The fraction of sp³-hybridized carbons (Fsp3) is 0.424. The van der Waals surface area contributed by atoms with Crippen LogP contribution in [0.2, 0.25) is 0 Å². The van der Waals surface area contributed by atoms with E-state index in [1.807, 2.05) is 12.1 Å². The first kappa shape index (κ1) is 23.3. The van der Waals surface area contributed by atoms with E-state index in [9.17, 15) is 4.79 Å². The Morgan fingerprint density at radius 3 is 1.92 bits per heavy atom. The molecule has 4 fully saturated rings. The molecule has 8 rings (SSSR count). The summed E-state index contributed by atoms with van der Waals surface area (Å²) in [4.78, 5) is 14.3. The lowest BCUT2D eigenvalue weighted by Gasteiger charge is -2.61. The zero-order valence-electron chi connectivity index (χ0n) is 22.0. The molecular weight excluding hydrogens is 476 g/mol. The van der Waals surface area contributed by atoms with E-state index in [1.165, 1.54) is 63.6 Å². The lowest BCUT2D eigenvalue weighted by Crippen LogP contribution is -2.57. The van der Waals surface area contributed by atoms with Crippen LogP contribution in [-0.4, -0.2) is 11.8 Å². The Kier molecular flexibility index (Phi) is 5.24. The number of fused-ring (bicyclic) bond motifs is 3. The van der Waals surface area contributed by atoms with Gasteiger partial charge in [0.1, 0.15) is 11.4 Å². The van der Waals surface area contributed by atoms with Crippen LogP contribution in [0.25, 0.3) is 25.1 Å². The van der Waals surface area contributed by atoms with Gasteiger partial charge in [-0.1, -0.05) is 24.3 Å². The zero-order chi connectivity index (χ0) is 25.4. The SMILES string of the molecule is Cc1cc(OC(=O)OC(C)(C)C23CC4CC(CC(C4)C2)C3)ccc1-[s+]1c2ccccc2c2ccccc21. The zero-order valence-corrected chi connectivity index (χ0v) is 22.8. The highest BCUT2D eigenvalue weighted by Crippen LogP contribution is 2.64. The number of benzene rings is 3. The molecule has 3 aromatic carbocycles. The van der Waals surface area contributed by atoms with Gasteiger partial charge in [0, 0.05) is 38.3 Å². The Balaban J connectivity index is 1.14. The number of ether oxygens (including phenoxy) is 2. The summed E-state index contributed by atoms with van der Waals surface area (Å²) in [6.45, 7) is 6.35. The smallest absolute Gasteiger partial charge is 0.427 e. The number of carbonyl (C=O) groups is 1. The third-order valence-corrected chi connectivity index (χ3v) is 12.2. The average molecular weight is 512 g/mol. The average Bonchev–Trinajstić information content (AvgIpc) is 3.17. The molecule has 4 saturated carbocycles. The normalized spacial score (nSPS) is 26.6. The predicted molar refractivity (Wildman–Crippen MR) is 152 cm³/mol. The molecule has 0 radical (unpaired) electrons. The van der Waals surface area contributed by atoms with Crippen molar-refractivity contribution in [1.29, 1.82) is 0 Å². The minimum Gasteiger partial charge on any atom is -0.427 e. The van der Waals surface area contributed by atoms with Gasteiger partial charge in [0.15, 0.2) is 14.3 Å². The summed E-state index contributed by atoms with van der Waals surface area (Å²) in [7, 11) is -0.167. The van der Waals surface area contributed by atoms with Crippen molar-refractivity contribution < 1.29 is 14.3 Å². The lowest BCUT2D eigenvalue weighted by atomic mass is 9.46. The monoisotopic (exact) mass is 511 g/mol. The fourth-order valence-corrected chi connectivity index (χ4v) is 10.8. The third kappa shape index (κ3) is 3.71. The summed E-state index contributed by atoms with van der Waals surface area (Å²) in [5.74, 6) is 2.99. The van der Waals surface area contributed by atoms with Crippen LogP contribution in [0.15, 0.2) is 66.7 Å². The highest BCUT2D eigenvalue weighted by Gasteiger charge is 2.59. The summed E-state index contributed by atoms with van der Waals surface area (Å²) in [6, 6.07) is 23.4. The molecule has 0 amide bonds. The molecule has 4 aliphatic rings. The van der Waals surface area contributed by atoms with Gasteiger partial charge in [0.25, 0.3) is 0 Å². The molecule has 0 N–H and O–H groups in total. The largest absolute Gasteiger partial charge is 0.514 e. The molecule has 0 spiro atoms. The van der Waals surface area contributed by atoms with Gasteiger partial charge in [0.05, 0.1) is 0 Å². The van der Waals surface area contributed by atoms with E-state index in [1.54, 1.807) is 0 Å². The number of rotatable bonds is 4. The molecule has 3 nitrogen and oxygen atoms in total. The number of thiophene rings is 1. The Hall–Kier alpha value is -2.85. The Morgan fingerprint density at radius 1 is 0.838 bits per heavy atom. The molecule has 0 unspecified atom stereocenters. The summed E-state index contributed by atoms with van der Waals surface area (Å²) in [5.41, 5.74) is 0.707. The second-order valence-corrected chi connectivity index (χ2v) is 14.3. The molecule has 0 aliphatic heterocycles. The maximum atomic E-state index is 13.1. The van der Waals surface area contributed by atoms with Crippen molar-refractivity contribution in [3.8, 4) is 10.6 Å². The van der Waals surface area contributed by atoms with Gasteiger partial charge in [-0.05, 0) is 113 Å². The number of hydrogen-bond acceptors (Lipinski definition) is 3. The van der Waals surface area contributed by atoms with Gasteiger partial charge in [-0.15, -0.1) is 0 Å². The van der Waals surface area contributed by atoms with Crippen molar-refractivity contribution in [3.63, 3.8) is 0 Å². The predicted octanol–water partition coefficient (Wildman–Crippen LogP) is 9.55. The Bertz CT molecular complexity index is 1440. The van der Waals surface area contributed by atoms with E-state index in [2.05, 4.69) is 75.4 Å². The number of aryl methyl sites for hydroxylation is 1. The van der Waals surface area contributed by atoms with Crippen LogP contribution in [0, 0.1) is 30.1 Å². The van der Waals surface area contributed by atoms with Crippen molar-refractivity contribution >= 4 is 36.8 Å². The minimum absolute atomic E-state index is 0.102. The van der Waals surface area contributed by atoms with Crippen LogP contribution in [0.5, 0.6) is 5.75 Å². The second-order valence-electron chi connectivity index (χ2n) is 12.4. The lowest BCUT2D eigenvalue weighted by molar-refractivity contribution is -0.168. The molecule has 4 aromatic rings. The summed E-state index contributed by atoms with van der Waals surface area (Å²) < 4.78 is 14.6. The molecule has 0 atom stereocenters. The van der Waals surface area contributed by atoms with Crippen LogP contribution in [-0.2, 0) is 4.74 Å². The van der Waals surface area contributed by atoms with Gasteiger partial charge >= 0.3 is 6.16 Å². The van der Waals surface area contributed by atoms with Crippen molar-refractivity contribution in [1.82, 2.24) is 0 Å². The van der Waals surface area contributed by atoms with Crippen LogP contribution in [0.4, 0.5) is 4.79 Å². The first-order valence-corrected chi connectivity index (χ1v) is 15.0. The fourth-order valence-electron chi connectivity index (χ4n) is 8.29. The highest BCUT2D eigenvalue weighted by molar-refractivity contribution is 7.50. The van der Waals surface area contributed by atoms with Crippen molar-refractivity contribution in [2.24, 2.45) is 23.2 Å². The van der Waals surface area contributed by atoms with Gasteiger partial charge in [-0.2, -0.15) is 0 Å². The Labute approximate surface area is 221 Å². The van der Waals surface area contributed by atoms with Crippen molar-refractivity contribution in [2.45, 2.75) is 64.9 Å². The molecular formula is C33H35O3S+. The van der Waals surface area contributed by atoms with Crippen LogP contribution in [0.1, 0.15) is 57.9 Å². The summed E-state index contributed by atoms with van der Waals surface area (Å²) >= 11 is 0. The van der Waals surface area contributed by atoms with E-state index in [4.69, 9.17) is 9.47 Å². The number of hydrogen-bond donors (Lipinski definition) is 0. The molecule has 37 heavy (non-hydrogen) atoms. The van der Waals surface area contributed by atoms with Gasteiger partial charge < -0.3 is 9.47 Å². The maximum absolute atomic E-state index is 13.1. The first-order valence-electron chi connectivity index (χ1n) is 13.8. The highest BCUT2D eigenvalue weighted by atomic mass is 32.2. The molecule has 0 saturated heterocycles. The van der Waals surface area contributed by atoms with E-state index < -0.39 is 11.8 Å². The standard InChI is InChI=1S/C33H35O3S/c1-21-14-25(12-13-28(21)37-29-10-6-4-8-26(29)27-9-5-7-11-30(27)37)35-31(34)36-32(2,3)33-18-22-15-23(19-33)17-24(16-22)20-33/h4-14,22-24H,15-20H2,1-3H3/q+1. The molecule has 190 valence electrons. The third-order valence-electron chi connectivity index (χ3n) is 9.73. The molecule has 4 heteroatoms. The molecule has 1 heterocycles. The molecule has 4 aliphatic carbocycles. The minimum atomic E-state index is -0.577. The van der Waals surface area contributed by atoms with Crippen LogP contribution < -0.4 is 4.74 Å². The quantitative estimate of drug-likeness (QED) is 0.155. The summed E-state index contributed by atoms with van der Waals surface area (Å²) in [5, 5.41) is 2.63. The Morgan fingerprint density at radius 2 is 1.38 bits per heavy atom. The molecule has 4 bridgehead atoms. The maximum Gasteiger partial charge on any atom is 0.514 e. The summed E-state index contributed by atoms with van der Waals surface area (Å²) in [6.07, 6.45) is 7.13.